The number of likely N-dealkylation sites (N-methyl/N-ethyl adjacent to an activating group) is 1. The topological polar surface area (TPSA) is 293 Å². The van der Waals surface area contributed by atoms with Crippen molar-refractivity contribution < 1.29 is 33.2 Å². The van der Waals surface area contributed by atoms with Crippen LogP contribution in [-0.2, 0) is 87.6 Å². The molecule has 15 rings (SSSR count). The molecule has 0 aliphatic carbocycles. The molecule has 128 heavy (non-hydrogen) atoms. The van der Waals surface area contributed by atoms with E-state index in [1.807, 2.05) is 74.0 Å². The number of sulfonamides is 1. The lowest BCUT2D eigenvalue weighted by molar-refractivity contribution is 0.117. The number of phenolic OH excluding ortho intramolecular Hbond substituents is 4. The number of hydrogen-bond acceptors (Lipinski definition) is 21. The second kappa shape index (κ2) is 48.7. The van der Waals surface area contributed by atoms with E-state index in [9.17, 15) is 33.2 Å². The molecule has 1 unspecified atom stereocenters. The molecule has 26 heteroatoms. The lowest BCUT2D eigenvalue weighted by atomic mass is 9.99. The predicted octanol–water partition coefficient (Wildman–Crippen LogP) is 17.0. The summed E-state index contributed by atoms with van der Waals surface area (Å²) in [6, 6.07) is 64.7. The van der Waals surface area contributed by atoms with Crippen LogP contribution in [0, 0.1) is 18.7 Å². The maximum absolute atomic E-state index is 14.6. The van der Waals surface area contributed by atoms with Crippen LogP contribution in [0.5, 0.6) is 23.0 Å². The number of nitrogens with one attached hydrogen (secondary N) is 3. The van der Waals surface area contributed by atoms with Crippen LogP contribution < -0.4 is 21.7 Å². The second-order valence-corrected chi connectivity index (χ2v) is 36.6. The molecular formula is C102H123Cl2FN16O6S. The first-order valence-electron chi connectivity index (χ1n) is 44.8. The first-order valence-corrected chi connectivity index (χ1v) is 47.4. The van der Waals surface area contributed by atoms with Crippen LogP contribution in [0.15, 0.2) is 219 Å². The number of piperazine rings is 2. The van der Waals surface area contributed by atoms with E-state index in [-0.39, 0.29) is 23.7 Å². The van der Waals surface area contributed by atoms with Gasteiger partial charge in [-0.1, -0.05) is 153 Å². The minimum absolute atomic E-state index is 0.0400. The fourth-order valence-corrected chi connectivity index (χ4v) is 17.4. The number of aromatic nitrogens is 8. The molecule has 4 aromatic heterocycles. The predicted molar refractivity (Wildman–Crippen MR) is 511 cm³/mol. The summed E-state index contributed by atoms with van der Waals surface area (Å²) in [5.74, 6) is 4.03. The van der Waals surface area contributed by atoms with Gasteiger partial charge >= 0.3 is 0 Å². The standard InChI is InChI=1S/C27H33ClN4O.C26H32N4O.C25H30N4O.C24H28ClFN4O3S/c1-19(2)25-17-29-13-14-32(25)18-21-6-3-7-22(15-21)24-11-12-30-27(31-24)8-4-5-20-9-10-26(33)23(28)16-20;1-19-15-21(9-10-25(19)31)5-4-8-26-28-12-11-24(29-26)23-7-3-6-22(16-23)18-30-14-13-27-17-20(30)2;1-2-29(22-16-26-17-22)18-20-6-3-7-21(15-20)24-13-14-27-25(28-24)8-4-5-19-9-11-23(30)12-10-19;1-34(32,33)30(12-4-11-27)16-18-6-2-7-19(13-18)24-21(26)15-28-23(29-24)8-3-5-17-9-10-22(31)20(25)14-17/h3,6-7,9-12,15-16,19,25,29,33H,4-5,8,13-14,17-18H2,1-2H3;3,6-7,9-12,15-16,20,27,31H,4-5,8,13-14,17-18H2,1-2H3;3,6-7,9-15,22,26,30H,2,4-5,8,16-18H2,1H3;2,6-7,9-10,13-15,31H,3-5,8,11-12,16,27H2,1H3/t;20-;;/m.0../s1. The lowest BCUT2D eigenvalue weighted by Gasteiger charge is -2.38. The first kappa shape index (κ1) is 96.5. The van der Waals surface area contributed by atoms with Gasteiger partial charge in [-0.15, -0.1) is 0 Å². The minimum atomic E-state index is -3.41. The van der Waals surface area contributed by atoms with Crippen molar-refractivity contribution in [2.45, 2.75) is 162 Å². The summed E-state index contributed by atoms with van der Waals surface area (Å²) in [6.45, 7) is 24.5. The van der Waals surface area contributed by atoms with Gasteiger partial charge in [0, 0.05) is 170 Å². The lowest BCUT2D eigenvalue weighted by Crippen LogP contribution is -2.56. The zero-order valence-corrected chi connectivity index (χ0v) is 76.8. The third kappa shape index (κ3) is 29.7. The quantitative estimate of drug-likeness (QED) is 0.0183. The minimum Gasteiger partial charge on any atom is -0.508 e. The molecule has 3 saturated heterocycles. The number of nitrogens with two attached hydrogens (primary N) is 1. The van der Waals surface area contributed by atoms with Crippen molar-refractivity contribution >= 4 is 33.2 Å². The molecule has 0 radical (unpaired) electrons. The van der Waals surface area contributed by atoms with Crippen LogP contribution in [-0.4, -0.2) is 184 Å². The van der Waals surface area contributed by atoms with Gasteiger partial charge in [0.1, 0.15) is 52.0 Å². The smallest absolute Gasteiger partial charge is 0.211 e. The molecule has 12 aromatic rings. The molecule has 8 aromatic carbocycles. The largest absolute Gasteiger partial charge is 0.508 e. The van der Waals surface area contributed by atoms with Gasteiger partial charge in [0.05, 0.1) is 39.6 Å². The summed E-state index contributed by atoms with van der Waals surface area (Å²) in [4.78, 5) is 44.1. The number of halogens is 3. The van der Waals surface area contributed by atoms with E-state index in [4.69, 9.17) is 43.9 Å². The number of rotatable bonds is 35. The van der Waals surface area contributed by atoms with Crippen molar-refractivity contribution in [3.8, 4) is 68.0 Å². The number of benzene rings is 8. The summed E-state index contributed by atoms with van der Waals surface area (Å²) in [5.41, 5.74) is 22.8. The van der Waals surface area contributed by atoms with Crippen molar-refractivity contribution in [2.24, 2.45) is 11.7 Å². The average Bonchev–Trinajstić information content (AvgIpc) is 0.753. The Morgan fingerprint density at radius 3 is 1.41 bits per heavy atom. The molecule has 0 bridgehead atoms. The van der Waals surface area contributed by atoms with Crippen LogP contribution >= 0.6 is 23.2 Å². The average molecular weight is 1790 g/mol. The van der Waals surface area contributed by atoms with E-state index in [0.29, 0.717) is 89.3 Å². The first-order chi connectivity index (χ1) is 61.9. The molecule has 0 saturated carbocycles. The normalized spacial score (nSPS) is 14.9. The van der Waals surface area contributed by atoms with Gasteiger partial charge < -0.3 is 42.1 Å². The van der Waals surface area contributed by atoms with Crippen LogP contribution in [0.3, 0.4) is 0 Å². The van der Waals surface area contributed by atoms with Crippen molar-refractivity contribution in [1.29, 1.82) is 0 Å². The second-order valence-electron chi connectivity index (χ2n) is 33.8. The Hall–Kier alpha value is -10.6. The zero-order chi connectivity index (χ0) is 90.3. The van der Waals surface area contributed by atoms with E-state index in [2.05, 4.69) is 162 Å². The van der Waals surface area contributed by atoms with Gasteiger partial charge in [-0.2, -0.15) is 4.31 Å². The molecule has 0 amide bonds. The number of aryl methyl sites for hydroxylation is 9. The van der Waals surface area contributed by atoms with Gasteiger partial charge in [0.15, 0.2) is 5.82 Å². The van der Waals surface area contributed by atoms with E-state index >= 15 is 0 Å². The van der Waals surface area contributed by atoms with Gasteiger partial charge in [0.2, 0.25) is 10.0 Å². The molecule has 3 aliphatic heterocycles. The molecule has 22 nitrogen and oxygen atoms in total. The summed E-state index contributed by atoms with van der Waals surface area (Å²) >= 11 is 12.0. The van der Waals surface area contributed by atoms with E-state index in [1.54, 1.807) is 66.7 Å². The SMILES string of the molecule is CC(C)C1CNCCN1Cc1cccc(-c2ccnc(CCCc3ccc(O)c(Cl)c3)n2)c1.CCN(Cc1cccc(-c2ccnc(CCCc3ccc(O)cc3)n2)c1)C1CNC1.CS(=O)(=O)N(CCCN)Cc1cccc(-c2nc(CCCc3ccc(O)c(Cl)c3)ncc2F)c1.Cc1cc(CCCc2nccc(-c3cccc(CN4CCNC[C@@H]4C)c3)n2)ccc1O. The number of aromatic hydroxyl groups is 4. The molecule has 2 atom stereocenters. The third-order valence-electron chi connectivity index (χ3n) is 23.5. The van der Waals surface area contributed by atoms with Crippen molar-refractivity contribution in [1.82, 2.24) is 74.8 Å². The molecule has 9 N–H and O–H groups in total. The molecule has 0 spiro atoms. The van der Waals surface area contributed by atoms with Crippen molar-refractivity contribution in [3.63, 3.8) is 0 Å². The summed E-state index contributed by atoms with van der Waals surface area (Å²) in [5, 5.41) is 49.2. The summed E-state index contributed by atoms with van der Waals surface area (Å²) in [7, 11) is -3.41. The Kier molecular flexibility index (Phi) is 36.7. The van der Waals surface area contributed by atoms with Gasteiger partial charge in [-0.25, -0.2) is 52.7 Å². The summed E-state index contributed by atoms with van der Waals surface area (Å²) in [6.07, 6.45) is 18.5. The van der Waals surface area contributed by atoms with E-state index in [0.717, 1.165) is 229 Å². The van der Waals surface area contributed by atoms with Crippen LogP contribution in [0.2, 0.25) is 10.0 Å². The number of phenols is 4. The van der Waals surface area contributed by atoms with Gasteiger partial charge in [-0.3, -0.25) is 14.7 Å². The van der Waals surface area contributed by atoms with Gasteiger partial charge in [-0.05, 0) is 226 Å². The molecule has 3 fully saturated rings. The van der Waals surface area contributed by atoms with Crippen LogP contribution in [0.25, 0.3) is 45.0 Å². The van der Waals surface area contributed by atoms with Gasteiger partial charge in [0.25, 0.3) is 0 Å². The van der Waals surface area contributed by atoms with Crippen LogP contribution in [0.1, 0.15) is 133 Å². The molecular weight excluding hydrogens is 1670 g/mol. The Labute approximate surface area is 764 Å². The molecule has 3 aliphatic rings. The summed E-state index contributed by atoms with van der Waals surface area (Å²) < 4.78 is 40.2. The third-order valence-corrected chi connectivity index (χ3v) is 25.4. The van der Waals surface area contributed by atoms with E-state index in [1.165, 1.54) is 32.1 Å². The van der Waals surface area contributed by atoms with E-state index < -0.39 is 15.8 Å². The fourth-order valence-electron chi connectivity index (χ4n) is 16.1. The van der Waals surface area contributed by atoms with Crippen molar-refractivity contribution in [2.75, 3.05) is 78.2 Å². The highest BCUT2D eigenvalue weighted by Gasteiger charge is 2.27. The fraction of sp³-hybridized carbons (Fsp3) is 0.373. The highest BCUT2D eigenvalue weighted by molar-refractivity contribution is 7.88. The Morgan fingerprint density at radius 1 is 0.492 bits per heavy atom. The van der Waals surface area contributed by atoms with Crippen molar-refractivity contribution in [3.05, 3.63) is 308 Å². The maximum Gasteiger partial charge on any atom is 0.211 e. The van der Waals surface area contributed by atoms with Crippen LogP contribution in [0.4, 0.5) is 4.39 Å². The monoisotopic (exact) mass is 1790 g/mol. The number of nitrogens with zero attached hydrogens (tertiary/aromatic N) is 12. The highest BCUT2D eigenvalue weighted by Crippen LogP contribution is 2.31. The molecule has 674 valence electrons. The molecule has 7 heterocycles. The highest BCUT2D eigenvalue weighted by atomic mass is 35.5. The Morgan fingerprint density at radius 2 is 0.938 bits per heavy atom. The number of hydrogen-bond donors (Lipinski definition) is 8. The Balaban J connectivity index is 0.000000155. The Bertz CT molecular complexity index is 5660. The maximum atomic E-state index is 14.6. The zero-order valence-electron chi connectivity index (χ0n) is 74.5.